The van der Waals surface area contributed by atoms with Gasteiger partial charge in [-0.3, -0.25) is 14.5 Å². The quantitative estimate of drug-likeness (QED) is 0.344. The molecular formula is C34H49N3O4. The van der Waals surface area contributed by atoms with Crippen LogP contribution in [0.3, 0.4) is 0 Å². The van der Waals surface area contributed by atoms with Crippen LogP contribution in [0.25, 0.3) is 0 Å². The summed E-state index contributed by atoms with van der Waals surface area (Å²) in [4.78, 5) is 29.3. The van der Waals surface area contributed by atoms with Crippen molar-refractivity contribution in [2.75, 3.05) is 13.1 Å². The van der Waals surface area contributed by atoms with Crippen LogP contribution in [-0.4, -0.2) is 63.7 Å². The lowest BCUT2D eigenvalue weighted by atomic mass is 9.72. The Morgan fingerprint density at radius 3 is 2.34 bits per heavy atom. The Labute approximate surface area is 245 Å². The van der Waals surface area contributed by atoms with E-state index in [0.29, 0.717) is 35.9 Å². The first-order chi connectivity index (χ1) is 19.4. The van der Waals surface area contributed by atoms with E-state index in [1.165, 1.54) is 12.8 Å². The largest absolute Gasteiger partial charge is 0.508 e. The molecule has 1 aliphatic heterocycles. The monoisotopic (exact) mass is 563 g/mol. The zero-order valence-electron chi connectivity index (χ0n) is 25.4. The summed E-state index contributed by atoms with van der Waals surface area (Å²) in [5.74, 6) is 0.797. The standard InChI is InChI=1S/C34H49N3O4/c1-22(2)31-26(16-11-17-29(31)38)32(40)35-27(18-23-12-7-6-8-13-23)30(39)21-37-20-25-15-10-9-14-24(25)19-28(37)33(41)36-34(3,4)5/h6-8,11-13,16-17,22,24-25,27-28,30,38-39H,9-10,14-15,18-21H2,1-5H3,(H,35,40)(H,36,41)/t24-,25+,27-,28-,30-/m0/s1. The van der Waals surface area contributed by atoms with E-state index in [0.717, 1.165) is 31.4 Å². The molecule has 4 N–H and O–H groups in total. The van der Waals surface area contributed by atoms with Crippen molar-refractivity contribution in [3.63, 3.8) is 0 Å². The van der Waals surface area contributed by atoms with Gasteiger partial charge in [0.25, 0.3) is 5.91 Å². The lowest BCUT2D eigenvalue weighted by Gasteiger charge is -2.47. The summed E-state index contributed by atoms with van der Waals surface area (Å²) in [5, 5.41) is 28.5. The predicted molar refractivity (Wildman–Crippen MR) is 163 cm³/mol. The van der Waals surface area contributed by atoms with Gasteiger partial charge in [0.05, 0.1) is 18.2 Å². The third-order valence-corrected chi connectivity index (χ3v) is 8.71. The lowest BCUT2D eigenvalue weighted by molar-refractivity contribution is -0.132. The van der Waals surface area contributed by atoms with Crippen molar-refractivity contribution >= 4 is 11.8 Å². The first-order valence-corrected chi connectivity index (χ1v) is 15.3. The van der Waals surface area contributed by atoms with E-state index in [2.05, 4.69) is 15.5 Å². The Bertz CT molecular complexity index is 1180. The maximum absolute atomic E-state index is 13.6. The number of benzene rings is 2. The highest BCUT2D eigenvalue weighted by Gasteiger charge is 2.41. The van der Waals surface area contributed by atoms with Crippen LogP contribution in [0.15, 0.2) is 48.5 Å². The highest BCUT2D eigenvalue weighted by Crippen LogP contribution is 2.39. The van der Waals surface area contributed by atoms with Crippen molar-refractivity contribution in [3.8, 4) is 5.75 Å². The molecule has 1 saturated carbocycles. The first kappa shape index (κ1) is 31.0. The number of aliphatic hydroxyl groups is 1. The smallest absolute Gasteiger partial charge is 0.252 e. The van der Waals surface area contributed by atoms with Gasteiger partial charge in [-0.05, 0) is 75.5 Å². The van der Waals surface area contributed by atoms with Gasteiger partial charge in [0.2, 0.25) is 5.91 Å². The number of hydrogen-bond acceptors (Lipinski definition) is 5. The summed E-state index contributed by atoms with van der Waals surface area (Å²) >= 11 is 0. The van der Waals surface area contributed by atoms with Crippen LogP contribution in [0, 0.1) is 11.8 Å². The second-order valence-corrected chi connectivity index (χ2v) is 13.5. The van der Waals surface area contributed by atoms with E-state index < -0.39 is 12.1 Å². The average molecular weight is 564 g/mol. The molecule has 0 bridgehead atoms. The van der Waals surface area contributed by atoms with Crippen molar-refractivity contribution in [2.45, 2.75) is 103 Å². The number of nitrogens with one attached hydrogen (secondary N) is 2. The van der Waals surface area contributed by atoms with Crippen LogP contribution in [0.5, 0.6) is 5.75 Å². The summed E-state index contributed by atoms with van der Waals surface area (Å²) in [7, 11) is 0. The molecule has 224 valence electrons. The fourth-order valence-corrected chi connectivity index (χ4v) is 6.75. The SMILES string of the molecule is CC(C)c1c(O)cccc1C(=O)N[C@@H](Cc1ccccc1)[C@@H](O)CN1C[C@H]2CCCC[C@H]2C[C@H]1C(=O)NC(C)(C)C. The van der Waals surface area contributed by atoms with E-state index in [1.54, 1.807) is 18.2 Å². The Balaban J connectivity index is 1.58. The molecule has 2 aromatic carbocycles. The average Bonchev–Trinajstić information content (AvgIpc) is 2.91. The molecule has 2 aliphatic rings. The molecule has 0 spiro atoms. The predicted octanol–water partition coefficient (Wildman–Crippen LogP) is 5.01. The fourth-order valence-electron chi connectivity index (χ4n) is 6.75. The Kier molecular flexibility index (Phi) is 10.1. The number of phenols is 1. The molecule has 1 aliphatic carbocycles. The number of carbonyl (C=O) groups excluding carboxylic acids is 2. The minimum Gasteiger partial charge on any atom is -0.508 e. The number of β-amino-alcohol motifs (C(OH)–C–C–N with tert-alkyl or cyclic N) is 1. The van der Waals surface area contributed by atoms with Gasteiger partial charge in [0, 0.05) is 29.8 Å². The minimum atomic E-state index is -0.899. The third-order valence-electron chi connectivity index (χ3n) is 8.71. The number of piperidine rings is 1. The maximum atomic E-state index is 13.6. The van der Waals surface area contributed by atoms with E-state index in [1.807, 2.05) is 65.0 Å². The molecular weight excluding hydrogens is 514 g/mol. The van der Waals surface area contributed by atoms with Crippen LogP contribution < -0.4 is 10.6 Å². The summed E-state index contributed by atoms with van der Waals surface area (Å²) in [6.45, 7) is 10.9. The van der Waals surface area contributed by atoms with E-state index >= 15 is 0 Å². The topological polar surface area (TPSA) is 102 Å². The van der Waals surface area contributed by atoms with Crippen LogP contribution in [-0.2, 0) is 11.2 Å². The second kappa shape index (κ2) is 13.4. The highest BCUT2D eigenvalue weighted by molar-refractivity contribution is 5.96. The van der Waals surface area contributed by atoms with Gasteiger partial charge in [-0.1, -0.05) is 69.5 Å². The summed E-state index contributed by atoms with van der Waals surface area (Å²) < 4.78 is 0. The van der Waals surface area contributed by atoms with Crippen molar-refractivity contribution in [3.05, 3.63) is 65.2 Å². The van der Waals surface area contributed by atoms with Gasteiger partial charge in [-0.25, -0.2) is 0 Å². The van der Waals surface area contributed by atoms with E-state index in [4.69, 9.17) is 0 Å². The van der Waals surface area contributed by atoms with Crippen molar-refractivity contribution in [1.29, 1.82) is 0 Å². The molecule has 7 heteroatoms. The zero-order valence-corrected chi connectivity index (χ0v) is 25.4. The normalized spacial score (nSPS) is 23.0. The summed E-state index contributed by atoms with van der Waals surface area (Å²) in [6, 6.07) is 13.9. The second-order valence-electron chi connectivity index (χ2n) is 13.5. The van der Waals surface area contributed by atoms with E-state index in [9.17, 15) is 19.8 Å². The van der Waals surface area contributed by atoms with Gasteiger partial charge in [0.1, 0.15) is 5.75 Å². The number of hydrogen-bond donors (Lipinski definition) is 4. The molecule has 0 unspecified atom stereocenters. The number of rotatable bonds is 9. The summed E-state index contributed by atoms with van der Waals surface area (Å²) in [5.41, 5.74) is 1.67. The van der Waals surface area contributed by atoms with Gasteiger partial charge < -0.3 is 20.8 Å². The molecule has 1 heterocycles. The number of fused-ring (bicyclic) bond motifs is 1. The number of aliphatic hydroxyl groups excluding tert-OH is 1. The highest BCUT2D eigenvalue weighted by atomic mass is 16.3. The number of amides is 2. The molecule has 1 saturated heterocycles. The maximum Gasteiger partial charge on any atom is 0.252 e. The van der Waals surface area contributed by atoms with Crippen LogP contribution in [0.4, 0.5) is 0 Å². The van der Waals surface area contributed by atoms with Gasteiger partial charge in [-0.2, -0.15) is 0 Å². The minimum absolute atomic E-state index is 0.0127. The molecule has 7 nitrogen and oxygen atoms in total. The zero-order chi connectivity index (χ0) is 29.7. The molecule has 4 rings (SSSR count). The Morgan fingerprint density at radius 2 is 1.68 bits per heavy atom. The Morgan fingerprint density at radius 1 is 1.00 bits per heavy atom. The van der Waals surface area contributed by atoms with Crippen LogP contribution in [0.2, 0.25) is 0 Å². The van der Waals surface area contributed by atoms with Crippen LogP contribution in [0.1, 0.15) is 94.1 Å². The van der Waals surface area contributed by atoms with Crippen molar-refractivity contribution < 1.29 is 19.8 Å². The molecule has 2 amide bonds. The van der Waals surface area contributed by atoms with E-state index in [-0.39, 0.29) is 35.1 Å². The molecule has 5 atom stereocenters. The molecule has 41 heavy (non-hydrogen) atoms. The van der Waals surface area contributed by atoms with Gasteiger partial charge >= 0.3 is 0 Å². The molecule has 2 aromatic rings. The lowest BCUT2D eigenvalue weighted by Crippen LogP contribution is -2.60. The number of phenolic OH excluding ortho intramolecular Hbond substituents is 1. The number of likely N-dealkylation sites (tertiary alicyclic amines) is 1. The fraction of sp³-hybridized carbons (Fsp3) is 0.588. The molecule has 0 radical (unpaired) electrons. The van der Waals surface area contributed by atoms with Crippen molar-refractivity contribution in [2.24, 2.45) is 11.8 Å². The first-order valence-electron chi connectivity index (χ1n) is 15.3. The number of nitrogens with zero attached hydrogens (tertiary/aromatic N) is 1. The third kappa shape index (κ3) is 8.10. The molecule has 0 aromatic heterocycles. The van der Waals surface area contributed by atoms with Crippen molar-refractivity contribution in [1.82, 2.24) is 15.5 Å². The van der Waals surface area contributed by atoms with Gasteiger partial charge in [-0.15, -0.1) is 0 Å². The Hall–Kier alpha value is -2.90. The molecule has 2 fully saturated rings. The van der Waals surface area contributed by atoms with Gasteiger partial charge in [0.15, 0.2) is 0 Å². The number of carbonyl (C=O) groups is 2. The number of aromatic hydroxyl groups is 1. The van der Waals surface area contributed by atoms with Crippen LogP contribution >= 0.6 is 0 Å². The summed E-state index contributed by atoms with van der Waals surface area (Å²) in [6.07, 6.45) is 5.10.